The van der Waals surface area contributed by atoms with Gasteiger partial charge in [-0.15, -0.1) is 0 Å². The number of carbonyl (C=O) groups is 3. The van der Waals surface area contributed by atoms with Gasteiger partial charge in [-0.3, -0.25) is 19.3 Å². The average molecular weight is 650 g/mol. The van der Waals surface area contributed by atoms with Crippen molar-refractivity contribution in [3.05, 3.63) is 51.9 Å². The maximum atomic E-state index is 13.7. The number of likely N-dealkylation sites (N-methyl/N-ethyl adjacent to an activating group) is 1. The van der Waals surface area contributed by atoms with Crippen molar-refractivity contribution >= 4 is 50.4 Å². The summed E-state index contributed by atoms with van der Waals surface area (Å²) in [7, 11) is 6.58. The first-order valence-corrected chi connectivity index (χ1v) is 15.3. The van der Waals surface area contributed by atoms with Crippen LogP contribution in [0.2, 0.25) is 0 Å². The molecule has 12 heteroatoms. The summed E-state index contributed by atoms with van der Waals surface area (Å²) in [6.45, 7) is 7.59. The number of esters is 3. The highest BCUT2D eigenvalue weighted by Crippen LogP contribution is 2.48. The molecular formula is C35H39NO11. The van der Waals surface area contributed by atoms with Gasteiger partial charge in [-0.25, -0.2) is 4.79 Å². The zero-order valence-electron chi connectivity index (χ0n) is 27.9. The van der Waals surface area contributed by atoms with Gasteiger partial charge in [0.15, 0.2) is 6.10 Å². The molecule has 0 saturated carbocycles. The van der Waals surface area contributed by atoms with Gasteiger partial charge in [-0.05, 0) is 62.8 Å². The van der Waals surface area contributed by atoms with Crippen molar-refractivity contribution in [1.29, 1.82) is 0 Å². The molecule has 1 aliphatic heterocycles. The fourth-order valence-corrected chi connectivity index (χ4v) is 6.59. The van der Waals surface area contributed by atoms with E-state index < -0.39 is 54.0 Å². The summed E-state index contributed by atoms with van der Waals surface area (Å²) in [5, 5.41) is 2.01. The number of fused-ring (bicyclic) bond motifs is 5. The molecule has 0 spiro atoms. The lowest BCUT2D eigenvalue weighted by molar-refractivity contribution is -0.222. The third kappa shape index (κ3) is 6.10. The first kappa shape index (κ1) is 33.7. The predicted octanol–water partition coefficient (Wildman–Crippen LogP) is 4.86. The Kier molecular flexibility index (Phi) is 9.46. The molecule has 0 bridgehead atoms. The third-order valence-electron chi connectivity index (χ3n) is 8.44. The van der Waals surface area contributed by atoms with E-state index in [1.807, 2.05) is 17.9 Å². The Bertz CT molecular complexity index is 1950. The summed E-state index contributed by atoms with van der Waals surface area (Å²) in [4.78, 5) is 52.5. The lowest BCUT2D eigenvalue weighted by Crippen LogP contribution is -2.61. The first-order chi connectivity index (χ1) is 22.3. The van der Waals surface area contributed by atoms with Gasteiger partial charge in [-0.2, -0.15) is 0 Å². The molecule has 1 fully saturated rings. The third-order valence-corrected chi connectivity index (χ3v) is 8.44. The average Bonchev–Trinajstić information content (AvgIpc) is 3.01. The summed E-state index contributed by atoms with van der Waals surface area (Å²) in [6, 6.07) is 7.97. The van der Waals surface area contributed by atoms with Crippen LogP contribution in [-0.2, 0) is 35.0 Å². The van der Waals surface area contributed by atoms with Gasteiger partial charge in [0.1, 0.15) is 35.0 Å². The minimum absolute atomic E-state index is 0.154. The number of aryl methyl sites for hydroxylation is 1. The van der Waals surface area contributed by atoms with Gasteiger partial charge < -0.3 is 32.8 Å². The number of benzene rings is 3. The zero-order valence-corrected chi connectivity index (χ0v) is 27.9. The van der Waals surface area contributed by atoms with Crippen molar-refractivity contribution in [2.45, 2.75) is 71.5 Å². The van der Waals surface area contributed by atoms with Crippen LogP contribution in [-0.4, -0.2) is 75.5 Å². The number of hydrogen-bond acceptors (Lipinski definition) is 12. The molecule has 3 aromatic carbocycles. The molecule has 47 heavy (non-hydrogen) atoms. The molecule has 5 atom stereocenters. The number of methoxy groups -OCH3 is 2. The molecule has 12 nitrogen and oxygen atoms in total. The largest absolute Gasteiger partial charge is 0.496 e. The molecule has 5 unspecified atom stereocenters. The van der Waals surface area contributed by atoms with Crippen molar-refractivity contribution < 1.29 is 47.2 Å². The van der Waals surface area contributed by atoms with Gasteiger partial charge in [0.25, 0.3) is 0 Å². The second-order valence-electron chi connectivity index (χ2n) is 11.8. The molecule has 2 heterocycles. The van der Waals surface area contributed by atoms with Crippen LogP contribution < -0.4 is 19.8 Å². The van der Waals surface area contributed by atoms with Crippen molar-refractivity contribution in [2.75, 3.05) is 28.3 Å². The van der Waals surface area contributed by atoms with E-state index in [0.29, 0.717) is 50.4 Å². The first-order valence-electron chi connectivity index (χ1n) is 15.3. The predicted molar refractivity (Wildman–Crippen MR) is 173 cm³/mol. The van der Waals surface area contributed by atoms with Crippen molar-refractivity contribution in [1.82, 2.24) is 4.90 Å². The van der Waals surface area contributed by atoms with Gasteiger partial charge >= 0.3 is 23.5 Å². The second-order valence-corrected chi connectivity index (χ2v) is 11.8. The molecule has 1 saturated heterocycles. The van der Waals surface area contributed by atoms with Crippen molar-refractivity contribution in [3.8, 4) is 17.2 Å². The Morgan fingerprint density at radius 2 is 1.45 bits per heavy atom. The number of rotatable bonds is 8. The number of hydrogen-bond donors (Lipinski definition) is 0. The summed E-state index contributed by atoms with van der Waals surface area (Å²) >= 11 is 0. The van der Waals surface area contributed by atoms with Crippen molar-refractivity contribution in [2.24, 2.45) is 0 Å². The molecule has 250 valence electrons. The van der Waals surface area contributed by atoms with Crippen LogP contribution in [0.25, 0.3) is 32.5 Å². The highest BCUT2D eigenvalue weighted by atomic mass is 16.6. The van der Waals surface area contributed by atoms with E-state index in [1.165, 1.54) is 35.0 Å². The van der Waals surface area contributed by atoms with Gasteiger partial charge in [-0.1, -0.05) is 13.0 Å². The number of nitrogens with zero attached hydrogens (tertiary/aromatic N) is 1. The van der Waals surface area contributed by atoms with E-state index in [9.17, 15) is 19.2 Å². The summed E-state index contributed by atoms with van der Waals surface area (Å²) < 4.78 is 41.6. The van der Waals surface area contributed by atoms with Crippen LogP contribution in [0.15, 0.2) is 39.5 Å². The molecule has 0 aliphatic carbocycles. The Labute approximate surface area is 271 Å². The molecule has 0 radical (unpaired) electrons. The molecule has 1 aliphatic rings. The molecule has 0 N–H and O–H groups in total. The van der Waals surface area contributed by atoms with E-state index in [-0.39, 0.29) is 11.3 Å². The van der Waals surface area contributed by atoms with Crippen LogP contribution in [0.3, 0.4) is 0 Å². The maximum Gasteiger partial charge on any atom is 0.344 e. The van der Waals surface area contributed by atoms with Crippen LogP contribution in [0.4, 0.5) is 0 Å². The quantitative estimate of drug-likeness (QED) is 0.111. The highest BCUT2D eigenvalue weighted by molar-refractivity contribution is 6.19. The molecule has 0 amide bonds. The molecule has 4 aromatic rings. The fourth-order valence-electron chi connectivity index (χ4n) is 6.59. The van der Waals surface area contributed by atoms with E-state index in [2.05, 4.69) is 0 Å². The van der Waals surface area contributed by atoms with E-state index in [1.54, 1.807) is 45.3 Å². The Morgan fingerprint density at radius 3 is 2.02 bits per heavy atom. The van der Waals surface area contributed by atoms with Gasteiger partial charge in [0, 0.05) is 36.9 Å². The Balaban J connectivity index is 1.95. The topological polar surface area (TPSA) is 140 Å². The summed E-state index contributed by atoms with van der Waals surface area (Å²) in [5.41, 5.74) is 0.897. The zero-order chi connectivity index (χ0) is 34.3. The van der Waals surface area contributed by atoms with Crippen LogP contribution in [0.1, 0.15) is 51.8 Å². The van der Waals surface area contributed by atoms with Crippen LogP contribution in [0.5, 0.6) is 17.2 Å². The summed E-state index contributed by atoms with van der Waals surface area (Å²) in [6.07, 6.45) is -2.76. The molecule has 5 rings (SSSR count). The summed E-state index contributed by atoms with van der Waals surface area (Å²) in [5.74, 6) is -0.735. The standard InChI is InChI=1S/C35H39NO11/c1-10-20-13-23-27(25(14-20)41-8)22-15-26(42-9)29-24(44-17(3)37)12-11-21(28(29)32(22)47-35(23)40)33-34(46-19(5)39)30(36(6)7)31(16(2)43-33)45-18(4)38/h11-16,30-31,33-34H,10H2,1-9H3. The minimum Gasteiger partial charge on any atom is -0.496 e. The lowest BCUT2D eigenvalue weighted by Gasteiger charge is -2.47. The van der Waals surface area contributed by atoms with Crippen LogP contribution in [0, 0.1) is 0 Å². The van der Waals surface area contributed by atoms with Crippen LogP contribution >= 0.6 is 0 Å². The van der Waals surface area contributed by atoms with E-state index in [4.69, 9.17) is 32.8 Å². The molecular weight excluding hydrogens is 610 g/mol. The van der Waals surface area contributed by atoms with E-state index >= 15 is 0 Å². The minimum atomic E-state index is -0.999. The van der Waals surface area contributed by atoms with Gasteiger partial charge in [0.05, 0.1) is 37.1 Å². The SMILES string of the molecule is CCc1cc(OC)c2c(c1)c(=O)oc1c2cc(OC)c2c(OC(C)=O)ccc(C3OC(C)C(OC(C)=O)C(N(C)C)C3OC(C)=O)c21. The normalized spacial score (nSPS) is 21.2. The monoisotopic (exact) mass is 649 g/mol. The highest BCUT2D eigenvalue weighted by Gasteiger charge is 2.50. The second kappa shape index (κ2) is 13.2. The number of carbonyl (C=O) groups excluding carboxylic acids is 3. The number of ether oxygens (including phenoxy) is 6. The Hall–Kier alpha value is -4.68. The van der Waals surface area contributed by atoms with Gasteiger partial charge in [0.2, 0.25) is 0 Å². The Morgan fingerprint density at radius 1 is 0.809 bits per heavy atom. The van der Waals surface area contributed by atoms with Crippen molar-refractivity contribution in [3.63, 3.8) is 0 Å². The lowest BCUT2D eigenvalue weighted by atomic mass is 9.85. The fraction of sp³-hybridized carbons (Fsp3) is 0.429. The van der Waals surface area contributed by atoms with E-state index in [0.717, 1.165) is 5.56 Å². The smallest absolute Gasteiger partial charge is 0.344 e. The molecule has 1 aromatic heterocycles. The maximum absolute atomic E-state index is 13.7.